The molecule has 1 aliphatic heterocycles. The lowest BCUT2D eigenvalue weighted by Gasteiger charge is -2.29. The Bertz CT molecular complexity index is 560. The fourth-order valence-electron chi connectivity index (χ4n) is 2.98. The van der Waals surface area contributed by atoms with E-state index in [-0.39, 0.29) is 17.9 Å². The Labute approximate surface area is 130 Å². The maximum Gasteiger partial charge on any atom is 0.223 e. The summed E-state index contributed by atoms with van der Waals surface area (Å²) in [7, 11) is 0. The number of amides is 1. The Kier molecular flexibility index (Phi) is 4.26. The van der Waals surface area contributed by atoms with Crippen molar-refractivity contribution < 1.29 is 4.79 Å². The van der Waals surface area contributed by atoms with E-state index in [1.165, 1.54) is 0 Å². The van der Waals surface area contributed by atoms with Crippen LogP contribution in [0.1, 0.15) is 23.6 Å². The lowest BCUT2D eigenvalue weighted by molar-refractivity contribution is -0.129. The zero-order valence-corrected chi connectivity index (χ0v) is 12.5. The first-order valence-corrected chi connectivity index (χ1v) is 7.78. The number of rotatable bonds is 4. The quantitative estimate of drug-likeness (QED) is 0.785. The van der Waals surface area contributed by atoms with Gasteiger partial charge in [0.05, 0.1) is 6.04 Å². The molecule has 3 heteroatoms. The van der Waals surface area contributed by atoms with E-state index in [2.05, 4.69) is 24.3 Å². The van der Waals surface area contributed by atoms with Crippen LogP contribution in [0.5, 0.6) is 0 Å². The van der Waals surface area contributed by atoms with Crippen molar-refractivity contribution in [2.45, 2.75) is 12.5 Å². The minimum atomic E-state index is -0.0203. The summed E-state index contributed by atoms with van der Waals surface area (Å²) in [4.78, 5) is 14.4. The largest absolute Gasteiger partial charge is 0.331 e. The number of carbonyl (C=O) groups is 1. The molecule has 0 aromatic heterocycles. The van der Waals surface area contributed by atoms with Gasteiger partial charge in [0.25, 0.3) is 0 Å². The molecule has 1 heterocycles. The van der Waals surface area contributed by atoms with Crippen LogP contribution in [0.2, 0.25) is 0 Å². The topological polar surface area (TPSA) is 20.3 Å². The first kappa shape index (κ1) is 14.2. The van der Waals surface area contributed by atoms with Gasteiger partial charge in [-0.2, -0.15) is 0 Å². The summed E-state index contributed by atoms with van der Waals surface area (Å²) in [6.45, 7) is 0.733. The number of halogens is 1. The molecule has 0 N–H and O–H groups in total. The molecule has 0 radical (unpaired) electrons. The van der Waals surface area contributed by atoms with Crippen molar-refractivity contribution in [2.24, 2.45) is 5.92 Å². The van der Waals surface area contributed by atoms with Crippen molar-refractivity contribution in [1.82, 2.24) is 4.90 Å². The van der Waals surface area contributed by atoms with E-state index in [4.69, 9.17) is 11.6 Å². The predicted octanol–water partition coefficient (Wildman–Crippen LogP) is 3.86. The van der Waals surface area contributed by atoms with Gasteiger partial charge < -0.3 is 4.90 Å². The van der Waals surface area contributed by atoms with Gasteiger partial charge in [0.15, 0.2) is 0 Å². The molecular formula is C18H18ClNO. The lowest BCUT2D eigenvalue weighted by atomic mass is 9.97. The van der Waals surface area contributed by atoms with Crippen molar-refractivity contribution in [1.29, 1.82) is 0 Å². The zero-order chi connectivity index (χ0) is 14.7. The van der Waals surface area contributed by atoms with E-state index in [1.54, 1.807) is 0 Å². The Morgan fingerprint density at radius 1 is 1.00 bits per heavy atom. The van der Waals surface area contributed by atoms with Crippen LogP contribution in [0, 0.1) is 5.92 Å². The summed E-state index contributed by atoms with van der Waals surface area (Å²) >= 11 is 5.96. The second kappa shape index (κ2) is 6.31. The highest BCUT2D eigenvalue weighted by molar-refractivity contribution is 6.18. The van der Waals surface area contributed by atoms with Gasteiger partial charge in [-0.3, -0.25) is 4.79 Å². The number of hydrogen-bond donors (Lipinski definition) is 0. The van der Waals surface area contributed by atoms with E-state index in [1.807, 2.05) is 41.3 Å². The van der Waals surface area contributed by atoms with E-state index in [0.29, 0.717) is 12.3 Å². The molecule has 2 nitrogen and oxygen atoms in total. The Morgan fingerprint density at radius 3 is 1.95 bits per heavy atom. The monoisotopic (exact) mass is 299 g/mol. The lowest BCUT2D eigenvalue weighted by Crippen LogP contribution is -2.31. The number of benzene rings is 2. The second-order valence-corrected chi connectivity index (χ2v) is 5.80. The van der Waals surface area contributed by atoms with Crippen LogP contribution in [0.4, 0.5) is 0 Å². The highest BCUT2D eigenvalue weighted by Gasteiger charge is 2.35. The molecule has 0 spiro atoms. The maximum atomic E-state index is 12.4. The fourth-order valence-corrected chi connectivity index (χ4v) is 3.19. The SMILES string of the molecule is O=C1CC(CCl)CN1C(c1ccccc1)c1ccccc1. The molecule has 1 amide bonds. The van der Waals surface area contributed by atoms with Gasteiger partial charge in [-0.25, -0.2) is 0 Å². The van der Waals surface area contributed by atoms with E-state index in [9.17, 15) is 4.79 Å². The van der Waals surface area contributed by atoms with E-state index >= 15 is 0 Å². The predicted molar refractivity (Wildman–Crippen MR) is 85.3 cm³/mol. The molecule has 0 bridgehead atoms. The average molecular weight is 300 g/mol. The minimum Gasteiger partial charge on any atom is -0.331 e. The maximum absolute atomic E-state index is 12.4. The number of likely N-dealkylation sites (tertiary alicyclic amines) is 1. The van der Waals surface area contributed by atoms with Crippen LogP contribution in [0.25, 0.3) is 0 Å². The van der Waals surface area contributed by atoms with Gasteiger partial charge in [-0.05, 0) is 17.0 Å². The van der Waals surface area contributed by atoms with Crippen molar-refractivity contribution >= 4 is 17.5 Å². The average Bonchev–Trinajstić information content (AvgIpc) is 2.91. The molecule has 1 aliphatic rings. The van der Waals surface area contributed by atoms with Crippen LogP contribution in [-0.4, -0.2) is 23.2 Å². The summed E-state index contributed by atoms with van der Waals surface area (Å²) in [6.07, 6.45) is 0.555. The fraction of sp³-hybridized carbons (Fsp3) is 0.278. The molecule has 1 fully saturated rings. The molecule has 3 rings (SSSR count). The van der Waals surface area contributed by atoms with Gasteiger partial charge in [0, 0.05) is 18.8 Å². The third-order valence-corrected chi connectivity index (χ3v) is 4.44. The van der Waals surface area contributed by atoms with Gasteiger partial charge in [-0.1, -0.05) is 60.7 Å². The number of nitrogens with zero attached hydrogens (tertiary/aromatic N) is 1. The minimum absolute atomic E-state index is 0.0203. The molecule has 108 valence electrons. The smallest absolute Gasteiger partial charge is 0.223 e. The Balaban J connectivity index is 1.99. The Morgan fingerprint density at radius 2 is 1.52 bits per heavy atom. The van der Waals surface area contributed by atoms with Crippen LogP contribution in [0.15, 0.2) is 60.7 Å². The highest BCUT2D eigenvalue weighted by Crippen LogP contribution is 2.34. The van der Waals surface area contributed by atoms with Crippen molar-refractivity contribution in [3.8, 4) is 0 Å². The molecule has 21 heavy (non-hydrogen) atoms. The first-order valence-electron chi connectivity index (χ1n) is 7.25. The summed E-state index contributed by atoms with van der Waals surface area (Å²) in [5, 5.41) is 0. The summed E-state index contributed by atoms with van der Waals surface area (Å²) in [5.74, 6) is 0.992. The molecule has 2 aromatic carbocycles. The molecular weight excluding hydrogens is 282 g/mol. The molecule has 0 aliphatic carbocycles. The molecule has 0 saturated carbocycles. The molecule has 1 unspecified atom stereocenters. The third-order valence-electron chi connectivity index (χ3n) is 4.00. The van der Waals surface area contributed by atoms with Gasteiger partial charge in [-0.15, -0.1) is 11.6 Å². The third kappa shape index (κ3) is 2.96. The van der Waals surface area contributed by atoms with Gasteiger partial charge in [0.2, 0.25) is 5.91 Å². The second-order valence-electron chi connectivity index (χ2n) is 5.49. The Hall–Kier alpha value is -1.80. The van der Waals surface area contributed by atoms with Gasteiger partial charge in [0.1, 0.15) is 0 Å². The summed E-state index contributed by atoms with van der Waals surface area (Å²) in [6, 6.07) is 20.4. The number of carbonyl (C=O) groups excluding carboxylic acids is 1. The molecule has 1 saturated heterocycles. The summed E-state index contributed by atoms with van der Waals surface area (Å²) < 4.78 is 0. The highest BCUT2D eigenvalue weighted by atomic mass is 35.5. The first-order chi connectivity index (χ1) is 10.3. The number of hydrogen-bond acceptors (Lipinski definition) is 1. The van der Waals surface area contributed by atoms with Crippen LogP contribution < -0.4 is 0 Å². The molecule has 2 aromatic rings. The van der Waals surface area contributed by atoms with E-state index in [0.717, 1.165) is 17.7 Å². The zero-order valence-electron chi connectivity index (χ0n) is 11.8. The standard InChI is InChI=1S/C18H18ClNO/c19-12-14-11-17(21)20(13-14)18(15-7-3-1-4-8-15)16-9-5-2-6-10-16/h1-10,14,18H,11-13H2. The van der Waals surface area contributed by atoms with Gasteiger partial charge >= 0.3 is 0 Å². The molecule has 1 atom stereocenters. The van der Waals surface area contributed by atoms with Crippen molar-refractivity contribution in [3.63, 3.8) is 0 Å². The van der Waals surface area contributed by atoms with Crippen molar-refractivity contribution in [2.75, 3.05) is 12.4 Å². The van der Waals surface area contributed by atoms with Crippen LogP contribution >= 0.6 is 11.6 Å². The number of alkyl halides is 1. The van der Waals surface area contributed by atoms with Crippen LogP contribution in [0.3, 0.4) is 0 Å². The summed E-state index contributed by atoms with van der Waals surface area (Å²) in [5.41, 5.74) is 2.29. The normalized spacial score (nSPS) is 18.5. The van der Waals surface area contributed by atoms with E-state index < -0.39 is 0 Å². The van der Waals surface area contributed by atoms with Crippen LogP contribution in [-0.2, 0) is 4.79 Å². The van der Waals surface area contributed by atoms with Crippen molar-refractivity contribution in [3.05, 3.63) is 71.8 Å².